The molecule has 1 atom stereocenters. The molecule has 0 amide bonds. The molecular weight excluding hydrogens is 314 g/mol. The lowest BCUT2D eigenvalue weighted by molar-refractivity contribution is 0.0449. The maximum atomic E-state index is 6.18. The molecule has 1 aromatic carbocycles. The minimum atomic E-state index is 0.0587. The van der Waals surface area contributed by atoms with Crippen molar-refractivity contribution in [3.8, 4) is 0 Å². The number of nitrogens with two attached hydrogens (primary N) is 1. The first-order chi connectivity index (χ1) is 9.54. The third-order valence-electron chi connectivity index (χ3n) is 5.07. The molecule has 0 aromatic heterocycles. The van der Waals surface area contributed by atoms with Crippen molar-refractivity contribution in [2.75, 3.05) is 31.5 Å². The van der Waals surface area contributed by atoms with Crippen molar-refractivity contribution in [2.24, 2.45) is 11.7 Å². The number of halogens is 1. The highest BCUT2D eigenvalue weighted by Crippen LogP contribution is 2.38. The maximum absolute atomic E-state index is 6.18. The number of piperidine rings is 3. The van der Waals surface area contributed by atoms with Crippen LogP contribution in [-0.4, -0.2) is 36.6 Å². The molecule has 3 aliphatic heterocycles. The number of hydrogen-bond donors (Lipinski definition) is 2. The van der Waals surface area contributed by atoms with Crippen LogP contribution in [0.1, 0.15) is 24.0 Å². The van der Waals surface area contributed by atoms with Gasteiger partial charge in [-0.1, -0.05) is 15.9 Å². The van der Waals surface area contributed by atoms with Crippen LogP contribution in [0.15, 0.2) is 16.6 Å². The Bertz CT molecular complexity index is 485. The van der Waals surface area contributed by atoms with E-state index in [4.69, 9.17) is 5.73 Å². The van der Waals surface area contributed by atoms with E-state index >= 15 is 0 Å². The van der Waals surface area contributed by atoms with Gasteiger partial charge in [0.2, 0.25) is 0 Å². The average molecular weight is 338 g/mol. The van der Waals surface area contributed by atoms with Crippen LogP contribution >= 0.6 is 15.9 Å². The number of anilines is 1. The van der Waals surface area contributed by atoms with Gasteiger partial charge >= 0.3 is 0 Å². The Hall–Kier alpha value is -0.580. The van der Waals surface area contributed by atoms with Crippen LogP contribution in [-0.2, 0) is 0 Å². The van der Waals surface area contributed by atoms with Crippen LogP contribution in [0.3, 0.4) is 0 Å². The lowest BCUT2D eigenvalue weighted by atomic mass is 9.72. The summed E-state index contributed by atoms with van der Waals surface area (Å²) in [6, 6.07) is 4.46. The molecule has 3 aliphatic rings. The molecule has 4 heteroatoms. The van der Waals surface area contributed by atoms with E-state index < -0.39 is 0 Å². The molecule has 3 N–H and O–H groups in total. The van der Waals surface area contributed by atoms with Gasteiger partial charge in [-0.25, -0.2) is 0 Å². The van der Waals surface area contributed by atoms with Crippen molar-refractivity contribution >= 4 is 21.6 Å². The Morgan fingerprint density at radius 1 is 1.30 bits per heavy atom. The van der Waals surface area contributed by atoms with Crippen LogP contribution in [0, 0.1) is 19.8 Å². The predicted molar refractivity (Wildman–Crippen MR) is 88.2 cm³/mol. The van der Waals surface area contributed by atoms with Crippen molar-refractivity contribution in [3.05, 3.63) is 27.7 Å². The summed E-state index contributed by atoms with van der Waals surface area (Å²) in [5, 5.41) is 3.80. The second-order valence-corrected chi connectivity index (χ2v) is 7.25. The summed E-state index contributed by atoms with van der Waals surface area (Å²) in [5.74, 6) is 0.710. The topological polar surface area (TPSA) is 41.3 Å². The summed E-state index contributed by atoms with van der Waals surface area (Å²) in [5.41, 5.74) is 10.0. The van der Waals surface area contributed by atoms with Crippen LogP contribution in [0.5, 0.6) is 0 Å². The van der Waals surface area contributed by atoms with Crippen molar-refractivity contribution in [3.63, 3.8) is 0 Å². The van der Waals surface area contributed by atoms with Gasteiger partial charge in [-0.05, 0) is 69.0 Å². The molecule has 0 aliphatic carbocycles. The molecule has 0 saturated carbocycles. The quantitative estimate of drug-likeness (QED) is 0.890. The van der Waals surface area contributed by atoms with Gasteiger partial charge in [0, 0.05) is 23.2 Å². The molecular formula is C16H24BrN3. The van der Waals surface area contributed by atoms with E-state index in [1.54, 1.807) is 0 Å². The summed E-state index contributed by atoms with van der Waals surface area (Å²) < 4.78 is 1.21. The molecule has 3 fully saturated rings. The first-order valence-electron chi connectivity index (χ1n) is 7.51. The largest absolute Gasteiger partial charge is 0.377 e. The predicted octanol–water partition coefficient (Wildman–Crippen LogP) is 2.90. The van der Waals surface area contributed by atoms with Crippen LogP contribution in [0.2, 0.25) is 0 Å². The van der Waals surface area contributed by atoms with Crippen LogP contribution < -0.4 is 11.1 Å². The Labute approximate surface area is 130 Å². The van der Waals surface area contributed by atoms with Crippen LogP contribution in [0.25, 0.3) is 0 Å². The van der Waals surface area contributed by atoms with Gasteiger partial charge in [0.25, 0.3) is 0 Å². The van der Waals surface area contributed by atoms with Crippen molar-refractivity contribution in [2.45, 2.75) is 32.2 Å². The Balaban J connectivity index is 1.89. The van der Waals surface area contributed by atoms with E-state index in [1.807, 2.05) is 0 Å². The fourth-order valence-corrected chi connectivity index (χ4v) is 4.13. The first kappa shape index (κ1) is 14.4. The molecule has 3 heterocycles. The molecule has 110 valence electrons. The Morgan fingerprint density at radius 2 is 1.90 bits per heavy atom. The molecule has 1 unspecified atom stereocenters. The number of nitrogens with one attached hydrogen (secondary N) is 1. The van der Waals surface area contributed by atoms with E-state index in [0.717, 1.165) is 6.54 Å². The van der Waals surface area contributed by atoms with Gasteiger partial charge in [-0.2, -0.15) is 0 Å². The monoisotopic (exact) mass is 337 g/mol. The van der Waals surface area contributed by atoms with E-state index in [0.29, 0.717) is 12.5 Å². The van der Waals surface area contributed by atoms with E-state index in [9.17, 15) is 0 Å². The summed E-state index contributed by atoms with van der Waals surface area (Å²) in [4.78, 5) is 2.55. The highest BCUT2D eigenvalue weighted by atomic mass is 79.9. The standard InChI is InChI=1S/C16H24BrN3/c1-11-7-14(8-12(2)15(11)17)19-16(9-18)10-20-5-3-13(16)4-6-20/h7-8,13,19H,3-6,9-10,18H2,1-2H3. The van der Waals surface area contributed by atoms with Crippen molar-refractivity contribution in [1.82, 2.24) is 4.90 Å². The highest BCUT2D eigenvalue weighted by molar-refractivity contribution is 9.10. The van der Waals surface area contributed by atoms with Crippen LogP contribution in [0.4, 0.5) is 5.69 Å². The van der Waals surface area contributed by atoms with E-state index in [2.05, 4.69) is 52.1 Å². The minimum Gasteiger partial charge on any atom is -0.377 e. The molecule has 0 radical (unpaired) electrons. The van der Waals surface area contributed by atoms with Gasteiger partial charge in [0.15, 0.2) is 0 Å². The number of benzene rings is 1. The number of aryl methyl sites for hydroxylation is 2. The second kappa shape index (κ2) is 5.32. The van der Waals surface area contributed by atoms with E-state index in [-0.39, 0.29) is 5.54 Å². The lowest BCUT2D eigenvalue weighted by Crippen LogP contribution is -2.66. The van der Waals surface area contributed by atoms with Gasteiger partial charge < -0.3 is 16.0 Å². The number of nitrogens with zero attached hydrogens (tertiary/aromatic N) is 1. The second-order valence-electron chi connectivity index (χ2n) is 6.46. The first-order valence-corrected chi connectivity index (χ1v) is 8.31. The summed E-state index contributed by atoms with van der Waals surface area (Å²) >= 11 is 3.64. The Kier molecular flexibility index (Phi) is 3.82. The number of fused-ring (bicyclic) bond motifs is 3. The summed E-state index contributed by atoms with van der Waals surface area (Å²) in [7, 11) is 0. The third-order valence-corrected chi connectivity index (χ3v) is 6.32. The SMILES string of the molecule is Cc1cc(NC2(CN)CN3CCC2CC3)cc(C)c1Br. The van der Waals surface area contributed by atoms with Crippen molar-refractivity contribution < 1.29 is 0 Å². The Morgan fingerprint density at radius 3 is 2.35 bits per heavy atom. The van der Waals surface area contributed by atoms with Gasteiger partial charge in [-0.15, -0.1) is 0 Å². The zero-order valence-electron chi connectivity index (χ0n) is 12.4. The molecule has 1 aromatic rings. The molecule has 20 heavy (non-hydrogen) atoms. The van der Waals surface area contributed by atoms with E-state index in [1.165, 1.54) is 47.2 Å². The molecule has 0 spiro atoms. The minimum absolute atomic E-state index is 0.0587. The fraction of sp³-hybridized carbons (Fsp3) is 0.625. The van der Waals surface area contributed by atoms with Gasteiger partial charge in [-0.3, -0.25) is 0 Å². The molecule has 3 nitrogen and oxygen atoms in total. The highest BCUT2D eigenvalue weighted by Gasteiger charge is 2.45. The van der Waals surface area contributed by atoms with Crippen molar-refractivity contribution in [1.29, 1.82) is 0 Å². The molecule has 2 bridgehead atoms. The molecule has 4 rings (SSSR count). The third kappa shape index (κ3) is 2.38. The number of hydrogen-bond acceptors (Lipinski definition) is 3. The number of rotatable bonds is 3. The average Bonchev–Trinajstić information content (AvgIpc) is 2.46. The lowest BCUT2D eigenvalue weighted by Gasteiger charge is -2.53. The zero-order chi connectivity index (χ0) is 14.3. The van der Waals surface area contributed by atoms with Gasteiger partial charge in [0.05, 0.1) is 5.54 Å². The smallest absolute Gasteiger partial charge is 0.0651 e. The normalized spacial score (nSPS) is 32.4. The zero-order valence-corrected chi connectivity index (χ0v) is 14.0. The summed E-state index contributed by atoms with van der Waals surface area (Å²) in [6.45, 7) is 8.57. The fourth-order valence-electron chi connectivity index (χ4n) is 3.90. The summed E-state index contributed by atoms with van der Waals surface area (Å²) in [6.07, 6.45) is 2.55. The van der Waals surface area contributed by atoms with Gasteiger partial charge in [0.1, 0.15) is 0 Å². The molecule has 3 saturated heterocycles. The maximum Gasteiger partial charge on any atom is 0.0651 e.